The smallest absolute Gasteiger partial charge is 0.407 e. The molecule has 3 unspecified atom stereocenters. The number of alkyl carbamates (subject to hydrolysis) is 1. The molecule has 5 rings (SSSR count). The minimum Gasteiger partial charge on any atom is -0.444 e. The van der Waals surface area contributed by atoms with Gasteiger partial charge in [0.15, 0.2) is 0 Å². The summed E-state index contributed by atoms with van der Waals surface area (Å²) in [6.45, 7) is 5.25. The monoisotopic (exact) mass is 676 g/mol. The van der Waals surface area contributed by atoms with E-state index in [0.717, 1.165) is 41.9 Å². The Morgan fingerprint density at radius 1 is 0.812 bits per heavy atom. The third-order valence-electron chi connectivity index (χ3n) is 8.86. The van der Waals surface area contributed by atoms with E-state index in [-0.39, 0.29) is 30.6 Å². The lowest BCUT2D eigenvalue weighted by atomic mass is 9.95. The van der Waals surface area contributed by atoms with Crippen LogP contribution in [-0.4, -0.2) is 96.9 Å². The van der Waals surface area contributed by atoms with Gasteiger partial charge in [-0.15, -0.1) is 11.3 Å². The average molecular weight is 677 g/mol. The molecule has 2 saturated heterocycles. The van der Waals surface area contributed by atoms with Gasteiger partial charge in [0.1, 0.15) is 12.6 Å². The number of nitrogens with zero attached hydrogens (tertiary/aromatic N) is 3. The molecule has 2 aliphatic heterocycles. The fourth-order valence-electron chi connectivity index (χ4n) is 6.18. The first-order valence-corrected chi connectivity index (χ1v) is 17.9. The molecule has 0 saturated carbocycles. The van der Waals surface area contributed by atoms with E-state index in [9.17, 15) is 14.4 Å². The highest BCUT2D eigenvalue weighted by Gasteiger charge is 2.28. The molecule has 11 nitrogen and oxygen atoms in total. The van der Waals surface area contributed by atoms with Crippen molar-refractivity contribution in [3.63, 3.8) is 0 Å². The third kappa shape index (κ3) is 11.9. The van der Waals surface area contributed by atoms with E-state index in [2.05, 4.69) is 38.0 Å². The molecule has 3 atom stereocenters. The van der Waals surface area contributed by atoms with Gasteiger partial charge in [0, 0.05) is 51.0 Å². The first-order chi connectivity index (χ1) is 23.5. The number of thiazole rings is 1. The van der Waals surface area contributed by atoms with Gasteiger partial charge in [-0.2, -0.15) is 0 Å². The summed E-state index contributed by atoms with van der Waals surface area (Å²) in [6.07, 6.45) is 6.14. The Hall–Kier alpha value is -4.00. The van der Waals surface area contributed by atoms with Crippen molar-refractivity contribution in [3.8, 4) is 0 Å². The fourth-order valence-corrected chi connectivity index (χ4v) is 6.68. The molecular weight excluding hydrogens is 629 g/mol. The Morgan fingerprint density at radius 3 is 2.04 bits per heavy atom. The SMILES string of the molecule is O=C(NC(CCC(Cc1ccccc1)NC(=O)C(CCN1CCOCC1)NC(=O)N1CCCC1)Cc1ccccc1)OCc1cncs1. The lowest BCUT2D eigenvalue weighted by Crippen LogP contribution is -2.54. The number of amides is 4. The second-order valence-electron chi connectivity index (χ2n) is 12.5. The van der Waals surface area contributed by atoms with Crippen molar-refractivity contribution in [1.82, 2.24) is 30.7 Å². The standard InChI is InChI=1S/C36H48N6O5S/c43-34(33(15-18-41-19-21-46-22-20-41)40-35(44)42-16-7-8-17-42)38-30(23-28-9-3-1-4-10-28)13-14-31(24-29-11-5-2-6-12-29)39-36(45)47-26-32-25-37-27-48-32/h1-6,9-12,25,27,30-31,33H,7-8,13-24,26H2,(H,38,43)(H,39,45)(H,40,44). The molecule has 48 heavy (non-hydrogen) atoms. The highest BCUT2D eigenvalue weighted by molar-refractivity contribution is 7.09. The molecule has 4 amide bonds. The van der Waals surface area contributed by atoms with E-state index < -0.39 is 12.1 Å². The van der Waals surface area contributed by atoms with Gasteiger partial charge in [0.2, 0.25) is 5.91 Å². The van der Waals surface area contributed by atoms with E-state index in [1.165, 1.54) is 11.3 Å². The molecule has 0 bridgehead atoms. The normalized spacial score (nSPS) is 16.9. The summed E-state index contributed by atoms with van der Waals surface area (Å²) in [5, 5.41) is 9.43. The summed E-state index contributed by atoms with van der Waals surface area (Å²) in [5.41, 5.74) is 3.91. The maximum atomic E-state index is 14.0. The van der Waals surface area contributed by atoms with Crippen molar-refractivity contribution in [2.24, 2.45) is 0 Å². The molecule has 3 heterocycles. The van der Waals surface area contributed by atoms with Crippen LogP contribution < -0.4 is 16.0 Å². The number of hydrogen-bond donors (Lipinski definition) is 3. The zero-order chi connectivity index (χ0) is 33.4. The summed E-state index contributed by atoms with van der Waals surface area (Å²) in [4.78, 5) is 49.0. The Morgan fingerprint density at radius 2 is 1.44 bits per heavy atom. The second kappa shape index (κ2) is 19.1. The Kier molecular flexibility index (Phi) is 14.1. The molecule has 2 fully saturated rings. The lowest BCUT2D eigenvalue weighted by molar-refractivity contribution is -0.124. The topological polar surface area (TPSA) is 125 Å². The van der Waals surface area contributed by atoms with Crippen LogP contribution >= 0.6 is 11.3 Å². The molecule has 0 spiro atoms. The zero-order valence-electron chi connectivity index (χ0n) is 27.6. The molecule has 0 radical (unpaired) electrons. The van der Waals surface area contributed by atoms with Gasteiger partial charge in [0.05, 0.1) is 23.6 Å². The van der Waals surface area contributed by atoms with Crippen molar-refractivity contribution in [2.75, 3.05) is 45.9 Å². The van der Waals surface area contributed by atoms with Crippen molar-refractivity contribution < 1.29 is 23.9 Å². The molecule has 12 heteroatoms. The van der Waals surface area contributed by atoms with Gasteiger partial charge < -0.3 is 30.3 Å². The zero-order valence-corrected chi connectivity index (χ0v) is 28.4. The number of hydrogen-bond acceptors (Lipinski definition) is 8. The molecule has 2 aliphatic rings. The van der Waals surface area contributed by atoms with E-state index in [1.807, 2.05) is 48.5 Å². The van der Waals surface area contributed by atoms with E-state index in [4.69, 9.17) is 9.47 Å². The Bertz CT molecular complexity index is 1380. The summed E-state index contributed by atoms with van der Waals surface area (Å²) in [5.74, 6) is -0.187. The van der Waals surface area contributed by atoms with Gasteiger partial charge in [-0.05, 0) is 56.1 Å². The summed E-state index contributed by atoms with van der Waals surface area (Å²) >= 11 is 1.44. The number of carbonyl (C=O) groups is 3. The highest BCUT2D eigenvalue weighted by atomic mass is 32.1. The number of rotatable bonds is 16. The molecule has 3 aromatic rings. The van der Waals surface area contributed by atoms with Gasteiger partial charge >= 0.3 is 12.1 Å². The number of benzene rings is 2. The quantitative estimate of drug-likeness (QED) is 0.206. The van der Waals surface area contributed by atoms with Crippen LogP contribution in [0.2, 0.25) is 0 Å². The van der Waals surface area contributed by atoms with E-state index >= 15 is 0 Å². The number of likely N-dealkylation sites (tertiary alicyclic amines) is 1. The molecule has 3 N–H and O–H groups in total. The predicted molar refractivity (Wildman–Crippen MR) is 186 cm³/mol. The van der Waals surface area contributed by atoms with Gasteiger partial charge in [-0.1, -0.05) is 60.7 Å². The van der Waals surface area contributed by atoms with Crippen molar-refractivity contribution in [2.45, 2.75) is 69.7 Å². The van der Waals surface area contributed by atoms with Crippen LogP contribution in [0.15, 0.2) is 72.4 Å². The number of morpholine rings is 1. The van der Waals surface area contributed by atoms with Crippen LogP contribution in [0.4, 0.5) is 9.59 Å². The molecule has 1 aromatic heterocycles. The maximum Gasteiger partial charge on any atom is 0.407 e. The predicted octanol–water partition coefficient (Wildman–Crippen LogP) is 4.38. The van der Waals surface area contributed by atoms with Crippen LogP contribution in [0.5, 0.6) is 0 Å². The largest absolute Gasteiger partial charge is 0.444 e. The fraction of sp³-hybridized carbons (Fsp3) is 0.500. The minimum absolute atomic E-state index is 0.163. The third-order valence-corrected chi connectivity index (χ3v) is 9.61. The van der Waals surface area contributed by atoms with Crippen LogP contribution in [0.3, 0.4) is 0 Å². The highest BCUT2D eigenvalue weighted by Crippen LogP contribution is 2.15. The van der Waals surface area contributed by atoms with Gasteiger partial charge in [0.25, 0.3) is 0 Å². The van der Waals surface area contributed by atoms with E-state index in [1.54, 1.807) is 16.6 Å². The second-order valence-corrected chi connectivity index (χ2v) is 13.5. The average Bonchev–Trinajstić information content (AvgIpc) is 3.85. The van der Waals surface area contributed by atoms with E-state index in [0.29, 0.717) is 65.0 Å². The molecule has 258 valence electrons. The summed E-state index contributed by atoms with van der Waals surface area (Å²) < 4.78 is 11.0. The minimum atomic E-state index is -0.667. The number of ether oxygens (including phenoxy) is 2. The lowest BCUT2D eigenvalue weighted by Gasteiger charge is -2.30. The molecule has 0 aliphatic carbocycles. The van der Waals surface area contributed by atoms with Crippen LogP contribution in [-0.2, 0) is 33.7 Å². The van der Waals surface area contributed by atoms with Gasteiger partial charge in [-0.3, -0.25) is 14.7 Å². The number of carbonyl (C=O) groups excluding carboxylic acids is 3. The van der Waals surface area contributed by atoms with Crippen molar-refractivity contribution in [1.29, 1.82) is 0 Å². The number of urea groups is 1. The first kappa shape index (κ1) is 35.3. The maximum absolute atomic E-state index is 14.0. The van der Waals surface area contributed by atoms with Crippen molar-refractivity contribution >= 4 is 29.4 Å². The number of aromatic nitrogens is 1. The Balaban J connectivity index is 1.26. The molecular formula is C36H48N6O5S. The number of nitrogens with one attached hydrogen (secondary N) is 3. The molecule has 2 aromatic carbocycles. The summed E-state index contributed by atoms with van der Waals surface area (Å²) in [7, 11) is 0. The first-order valence-electron chi connectivity index (χ1n) is 17.1. The van der Waals surface area contributed by atoms with Crippen LogP contribution in [0.25, 0.3) is 0 Å². The van der Waals surface area contributed by atoms with Gasteiger partial charge in [-0.25, -0.2) is 9.59 Å². The summed E-state index contributed by atoms with van der Waals surface area (Å²) in [6, 6.07) is 18.8. The Labute approximate surface area is 287 Å². The van der Waals surface area contributed by atoms with Crippen molar-refractivity contribution in [3.05, 3.63) is 88.4 Å². The van der Waals surface area contributed by atoms with Crippen LogP contribution in [0.1, 0.15) is 48.1 Å². The van der Waals surface area contributed by atoms with Crippen LogP contribution in [0, 0.1) is 0 Å².